The van der Waals surface area contributed by atoms with Crippen molar-refractivity contribution in [1.29, 1.82) is 0 Å². The van der Waals surface area contributed by atoms with Crippen molar-refractivity contribution in [1.82, 2.24) is 14.9 Å². The average molecular weight is 386 g/mol. The van der Waals surface area contributed by atoms with E-state index in [9.17, 15) is 9.18 Å². The number of rotatable bonds is 6. The highest BCUT2D eigenvalue weighted by Gasteiger charge is 2.21. The van der Waals surface area contributed by atoms with Crippen LogP contribution in [0, 0.1) is 12.7 Å². The first kappa shape index (κ1) is 19.1. The molecular weight excluding hydrogens is 365 g/mol. The van der Waals surface area contributed by atoms with Gasteiger partial charge in [-0.3, -0.25) is 4.79 Å². The first-order chi connectivity index (χ1) is 12.9. The van der Waals surface area contributed by atoms with Crippen LogP contribution in [0.5, 0.6) is 0 Å². The van der Waals surface area contributed by atoms with Gasteiger partial charge in [0.25, 0.3) is 0 Å². The van der Waals surface area contributed by atoms with Crippen LogP contribution < -0.4 is 5.32 Å². The lowest BCUT2D eigenvalue weighted by Gasteiger charge is -2.19. The van der Waals surface area contributed by atoms with Crippen LogP contribution in [0.2, 0.25) is 5.02 Å². The number of nitrogens with one attached hydrogen (secondary N) is 1. The molecule has 6 heteroatoms. The second kappa shape index (κ2) is 8.35. The lowest BCUT2D eigenvalue weighted by Crippen LogP contribution is -2.31. The van der Waals surface area contributed by atoms with Gasteiger partial charge in [0.05, 0.1) is 0 Å². The Kier molecular flexibility index (Phi) is 5.91. The highest BCUT2D eigenvalue weighted by molar-refractivity contribution is 6.31. The number of hydrogen-bond donors (Lipinski definition) is 1. The Balaban J connectivity index is 1.74. The van der Waals surface area contributed by atoms with Crippen molar-refractivity contribution in [2.24, 2.45) is 7.05 Å². The number of amides is 1. The van der Waals surface area contributed by atoms with Gasteiger partial charge >= 0.3 is 0 Å². The van der Waals surface area contributed by atoms with E-state index in [2.05, 4.69) is 10.3 Å². The molecule has 3 aromatic rings. The molecule has 27 heavy (non-hydrogen) atoms. The third kappa shape index (κ3) is 4.74. The molecule has 0 saturated heterocycles. The summed E-state index contributed by atoms with van der Waals surface area (Å²) in [6, 6.07) is 11.5. The SMILES string of the molecule is Cc1ccc(CCC(=O)NC(c2cccc(F)c2)c2nccn2C)cc1Cl. The van der Waals surface area contributed by atoms with Gasteiger partial charge in [-0.1, -0.05) is 35.9 Å². The summed E-state index contributed by atoms with van der Waals surface area (Å²) in [5.41, 5.74) is 2.65. The van der Waals surface area contributed by atoms with E-state index >= 15 is 0 Å². The van der Waals surface area contributed by atoms with Gasteiger partial charge in [0.2, 0.25) is 5.91 Å². The van der Waals surface area contributed by atoms with Crippen molar-refractivity contribution in [2.75, 3.05) is 0 Å². The molecule has 3 rings (SSSR count). The largest absolute Gasteiger partial charge is 0.342 e. The first-order valence-corrected chi connectivity index (χ1v) is 9.09. The highest BCUT2D eigenvalue weighted by Crippen LogP contribution is 2.22. The minimum atomic E-state index is -0.519. The van der Waals surface area contributed by atoms with Crippen molar-refractivity contribution in [3.63, 3.8) is 0 Å². The van der Waals surface area contributed by atoms with Crippen LogP contribution >= 0.6 is 11.6 Å². The number of halogens is 2. The van der Waals surface area contributed by atoms with Gasteiger partial charge in [0.15, 0.2) is 0 Å². The fourth-order valence-electron chi connectivity index (χ4n) is 2.92. The van der Waals surface area contributed by atoms with Crippen molar-refractivity contribution >= 4 is 17.5 Å². The molecule has 0 aliphatic carbocycles. The van der Waals surface area contributed by atoms with Gasteiger partial charge in [0.1, 0.15) is 17.7 Å². The quantitative estimate of drug-likeness (QED) is 0.685. The molecule has 1 atom stereocenters. The van der Waals surface area contributed by atoms with Crippen molar-refractivity contribution in [2.45, 2.75) is 25.8 Å². The average Bonchev–Trinajstić information content (AvgIpc) is 3.06. The van der Waals surface area contributed by atoms with E-state index in [1.807, 2.05) is 36.7 Å². The molecule has 1 aromatic heterocycles. The predicted octanol–water partition coefficient (Wildman–Crippen LogP) is 4.36. The second-order valence-corrected chi connectivity index (χ2v) is 6.94. The topological polar surface area (TPSA) is 46.9 Å². The number of carbonyl (C=O) groups is 1. The molecular formula is C21H21ClFN3O. The highest BCUT2D eigenvalue weighted by atomic mass is 35.5. The number of aromatic nitrogens is 2. The fraction of sp³-hybridized carbons (Fsp3) is 0.238. The Hall–Kier alpha value is -2.66. The Morgan fingerprint density at radius 2 is 2.11 bits per heavy atom. The molecule has 4 nitrogen and oxygen atoms in total. The number of imidazole rings is 1. The summed E-state index contributed by atoms with van der Waals surface area (Å²) in [5, 5.41) is 3.67. The van der Waals surface area contributed by atoms with Gasteiger partial charge in [-0.2, -0.15) is 0 Å². The van der Waals surface area contributed by atoms with Crippen molar-refractivity contribution < 1.29 is 9.18 Å². The smallest absolute Gasteiger partial charge is 0.221 e. The molecule has 1 amide bonds. The van der Waals surface area contributed by atoms with Crippen LogP contribution in [0.4, 0.5) is 4.39 Å². The normalized spacial score (nSPS) is 12.0. The molecule has 0 spiro atoms. The summed E-state index contributed by atoms with van der Waals surface area (Å²) in [5.74, 6) is 0.159. The monoisotopic (exact) mass is 385 g/mol. The number of nitrogens with zero attached hydrogens (tertiary/aromatic N) is 2. The third-order valence-corrected chi connectivity index (χ3v) is 4.89. The van der Waals surface area contributed by atoms with E-state index in [4.69, 9.17) is 11.6 Å². The maximum absolute atomic E-state index is 13.7. The van der Waals surface area contributed by atoms with Crippen molar-refractivity contribution in [3.05, 3.63) is 88.2 Å². The van der Waals surface area contributed by atoms with Crippen LogP contribution in [-0.2, 0) is 18.3 Å². The zero-order chi connectivity index (χ0) is 19.4. The minimum absolute atomic E-state index is 0.135. The summed E-state index contributed by atoms with van der Waals surface area (Å²) in [6.07, 6.45) is 4.32. The summed E-state index contributed by atoms with van der Waals surface area (Å²) in [7, 11) is 1.84. The summed E-state index contributed by atoms with van der Waals surface area (Å²) < 4.78 is 15.5. The van der Waals surface area contributed by atoms with E-state index < -0.39 is 6.04 Å². The van der Waals surface area contributed by atoms with E-state index in [0.29, 0.717) is 29.3 Å². The van der Waals surface area contributed by atoms with Gasteiger partial charge in [-0.25, -0.2) is 9.37 Å². The number of aryl methyl sites for hydroxylation is 3. The maximum Gasteiger partial charge on any atom is 0.221 e. The lowest BCUT2D eigenvalue weighted by atomic mass is 10.0. The Labute approximate surface area is 163 Å². The van der Waals surface area contributed by atoms with Crippen molar-refractivity contribution in [3.8, 4) is 0 Å². The van der Waals surface area contributed by atoms with Crippen LogP contribution in [0.25, 0.3) is 0 Å². The molecule has 0 bridgehead atoms. The Bertz CT molecular complexity index is 954. The Morgan fingerprint density at radius 3 is 2.78 bits per heavy atom. The number of carbonyl (C=O) groups excluding carboxylic acids is 1. The first-order valence-electron chi connectivity index (χ1n) is 8.71. The molecule has 2 aromatic carbocycles. The summed E-state index contributed by atoms with van der Waals surface area (Å²) in [6.45, 7) is 1.94. The fourth-order valence-corrected chi connectivity index (χ4v) is 3.12. The Morgan fingerprint density at radius 1 is 1.30 bits per heavy atom. The number of hydrogen-bond acceptors (Lipinski definition) is 2. The van der Waals surface area contributed by atoms with Crippen LogP contribution in [0.15, 0.2) is 54.9 Å². The summed E-state index contributed by atoms with van der Waals surface area (Å²) >= 11 is 6.15. The van der Waals surface area contributed by atoms with Gasteiger partial charge < -0.3 is 9.88 Å². The molecule has 0 aliphatic heterocycles. The summed E-state index contributed by atoms with van der Waals surface area (Å²) in [4.78, 5) is 16.9. The predicted molar refractivity (Wildman–Crippen MR) is 104 cm³/mol. The lowest BCUT2D eigenvalue weighted by molar-refractivity contribution is -0.121. The molecule has 1 unspecified atom stereocenters. The molecule has 140 valence electrons. The van der Waals surface area contributed by atoms with E-state index in [1.165, 1.54) is 12.1 Å². The van der Waals surface area contributed by atoms with E-state index in [-0.39, 0.29) is 11.7 Å². The van der Waals surface area contributed by atoms with E-state index in [1.54, 1.807) is 24.5 Å². The van der Waals surface area contributed by atoms with Gasteiger partial charge in [0, 0.05) is 30.9 Å². The van der Waals surface area contributed by atoms with Crippen LogP contribution in [-0.4, -0.2) is 15.5 Å². The zero-order valence-electron chi connectivity index (χ0n) is 15.2. The minimum Gasteiger partial charge on any atom is -0.342 e. The second-order valence-electron chi connectivity index (χ2n) is 6.54. The van der Waals surface area contributed by atoms with Crippen LogP contribution in [0.3, 0.4) is 0 Å². The molecule has 0 fully saturated rings. The maximum atomic E-state index is 13.7. The standard InChI is InChI=1S/C21H21ClFN3O/c1-14-6-7-15(12-18(14)22)8-9-19(27)25-20(21-24-10-11-26(21)2)16-4-3-5-17(23)13-16/h3-7,10-13,20H,8-9H2,1-2H3,(H,25,27). The molecule has 0 aliphatic rings. The molecule has 0 radical (unpaired) electrons. The number of benzene rings is 2. The van der Waals surface area contributed by atoms with Gasteiger partial charge in [-0.05, 0) is 48.2 Å². The molecule has 1 heterocycles. The van der Waals surface area contributed by atoms with Crippen LogP contribution in [0.1, 0.15) is 35.0 Å². The molecule has 0 saturated carbocycles. The van der Waals surface area contributed by atoms with E-state index in [0.717, 1.165) is 11.1 Å². The zero-order valence-corrected chi connectivity index (χ0v) is 16.0. The van der Waals surface area contributed by atoms with Gasteiger partial charge in [-0.15, -0.1) is 0 Å². The third-order valence-electron chi connectivity index (χ3n) is 4.48. The molecule has 1 N–H and O–H groups in total.